The lowest BCUT2D eigenvalue weighted by Crippen LogP contribution is -2.40. The first-order chi connectivity index (χ1) is 12.9. The summed E-state index contributed by atoms with van der Waals surface area (Å²) in [5, 5.41) is 14.9. The van der Waals surface area contributed by atoms with Crippen LogP contribution in [0.4, 0.5) is 0 Å². The van der Waals surface area contributed by atoms with Gasteiger partial charge in [0.1, 0.15) is 6.54 Å². The SMILES string of the molecule is Cc1nn(CC(=O)N(C)[C@@H](C(=O)O)c2cccnc2)c(=O)c2ccccc12. The van der Waals surface area contributed by atoms with Crippen molar-refractivity contribution in [3.8, 4) is 0 Å². The van der Waals surface area contributed by atoms with Gasteiger partial charge in [0.05, 0.1) is 11.1 Å². The van der Waals surface area contributed by atoms with Gasteiger partial charge in [-0.05, 0) is 19.1 Å². The van der Waals surface area contributed by atoms with Crippen molar-refractivity contribution < 1.29 is 14.7 Å². The van der Waals surface area contributed by atoms with Crippen LogP contribution in [-0.4, -0.2) is 43.7 Å². The quantitative estimate of drug-likeness (QED) is 0.731. The standard InChI is InChI=1S/C19H18N4O4/c1-12-14-7-3-4-8-15(14)18(25)23(21-12)11-16(24)22(2)17(19(26)27)13-6-5-9-20-10-13/h3-10,17H,11H2,1-2H3,(H,26,27)/t17-/m1/s1. The molecule has 27 heavy (non-hydrogen) atoms. The molecular weight excluding hydrogens is 348 g/mol. The first-order valence-electron chi connectivity index (χ1n) is 8.25. The van der Waals surface area contributed by atoms with Gasteiger partial charge in [-0.25, -0.2) is 9.48 Å². The van der Waals surface area contributed by atoms with E-state index in [1.165, 1.54) is 19.4 Å². The van der Waals surface area contributed by atoms with Crippen molar-refractivity contribution in [2.24, 2.45) is 0 Å². The fourth-order valence-electron chi connectivity index (χ4n) is 2.96. The molecule has 1 amide bonds. The summed E-state index contributed by atoms with van der Waals surface area (Å²) in [6.45, 7) is 1.40. The lowest BCUT2D eigenvalue weighted by atomic mass is 10.1. The normalized spacial score (nSPS) is 11.9. The van der Waals surface area contributed by atoms with E-state index in [2.05, 4.69) is 10.1 Å². The van der Waals surface area contributed by atoms with E-state index in [1.54, 1.807) is 37.3 Å². The van der Waals surface area contributed by atoms with E-state index in [4.69, 9.17) is 0 Å². The number of carbonyl (C=O) groups is 2. The summed E-state index contributed by atoms with van der Waals surface area (Å²) in [6, 6.07) is 8.99. The van der Waals surface area contributed by atoms with Crippen LogP contribution in [0, 0.1) is 6.92 Å². The second kappa shape index (κ2) is 7.36. The van der Waals surface area contributed by atoms with Crippen LogP contribution in [0.3, 0.4) is 0 Å². The largest absolute Gasteiger partial charge is 0.479 e. The number of fused-ring (bicyclic) bond motifs is 1. The summed E-state index contributed by atoms with van der Waals surface area (Å²) >= 11 is 0. The van der Waals surface area contributed by atoms with E-state index >= 15 is 0 Å². The van der Waals surface area contributed by atoms with Crippen LogP contribution >= 0.6 is 0 Å². The van der Waals surface area contributed by atoms with Gasteiger partial charge in [-0.1, -0.05) is 24.3 Å². The Morgan fingerprint density at radius 1 is 1.19 bits per heavy atom. The zero-order valence-corrected chi connectivity index (χ0v) is 14.9. The highest BCUT2D eigenvalue weighted by Gasteiger charge is 2.29. The van der Waals surface area contributed by atoms with Crippen LogP contribution in [0.5, 0.6) is 0 Å². The summed E-state index contributed by atoms with van der Waals surface area (Å²) in [7, 11) is 1.38. The van der Waals surface area contributed by atoms with Gasteiger partial charge in [-0.3, -0.25) is 14.6 Å². The molecule has 0 saturated heterocycles. The average molecular weight is 366 g/mol. The number of amides is 1. The Kier molecular flexibility index (Phi) is 4.98. The molecule has 1 N–H and O–H groups in total. The summed E-state index contributed by atoms with van der Waals surface area (Å²) in [5.74, 6) is -1.73. The number of rotatable bonds is 5. The van der Waals surface area contributed by atoms with Crippen molar-refractivity contribution in [2.75, 3.05) is 7.05 Å². The third-order valence-corrected chi connectivity index (χ3v) is 4.35. The zero-order chi connectivity index (χ0) is 19.6. The highest BCUT2D eigenvalue weighted by Crippen LogP contribution is 2.19. The van der Waals surface area contributed by atoms with Crippen molar-refractivity contribution in [3.63, 3.8) is 0 Å². The fourth-order valence-corrected chi connectivity index (χ4v) is 2.96. The van der Waals surface area contributed by atoms with Gasteiger partial charge < -0.3 is 10.0 Å². The molecule has 8 nitrogen and oxygen atoms in total. The van der Waals surface area contributed by atoms with Gasteiger partial charge in [0.25, 0.3) is 5.56 Å². The second-order valence-corrected chi connectivity index (χ2v) is 6.13. The Labute approximate surface area is 154 Å². The Morgan fingerprint density at radius 3 is 2.52 bits per heavy atom. The number of carboxylic acids is 1. The molecule has 0 aliphatic rings. The minimum Gasteiger partial charge on any atom is -0.479 e. The summed E-state index contributed by atoms with van der Waals surface area (Å²) in [6.07, 6.45) is 2.92. The molecule has 0 radical (unpaired) electrons. The molecular formula is C19H18N4O4. The predicted octanol–water partition coefficient (Wildman–Crippen LogP) is 1.38. The molecule has 0 saturated carbocycles. The number of hydrogen-bond donors (Lipinski definition) is 1. The summed E-state index contributed by atoms with van der Waals surface area (Å²) < 4.78 is 1.07. The van der Waals surface area contributed by atoms with Crippen molar-refractivity contribution >= 4 is 22.6 Å². The highest BCUT2D eigenvalue weighted by molar-refractivity contribution is 5.85. The monoisotopic (exact) mass is 366 g/mol. The molecule has 0 spiro atoms. The van der Waals surface area contributed by atoms with E-state index in [0.717, 1.165) is 15.0 Å². The number of hydrogen-bond acceptors (Lipinski definition) is 5. The van der Waals surface area contributed by atoms with E-state index < -0.39 is 23.5 Å². The van der Waals surface area contributed by atoms with Crippen LogP contribution in [0.15, 0.2) is 53.6 Å². The summed E-state index contributed by atoms with van der Waals surface area (Å²) in [5.41, 5.74) is 0.588. The lowest BCUT2D eigenvalue weighted by molar-refractivity contribution is -0.149. The molecule has 0 aliphatic carbocycles. The Balaban J connectivity index is 1.93. The number of aliphatic carboxylic acids is 1. The van der Waals surface area contributed by atoms with Gasteiger partial charge >= 0.3 is 5.97 Å². The summed E-state index contributed by atoms with van der Waals surface area (Å²) in [4.78, 5) is 42.0. The molecule has 8 heteroatoms. The first-order valence-corrected chi connectivity index (χ1v) is 8.25. The molecule has 3 aromatic rings. The molecule has 2 heterocycles. The van der Waals surface area contributed by atoms with Gasteiger partial charge in [0, 0.05) is 30.4 Å². The maximum absolute atomic E-state index is 12.7. The van der Waals surface area contributed by atoms with Crippen LogP contribution in [0.2, 0.25) is 0 Å². The van der Waals surface area contributed by atoms with Crippen molar-refractivity contribution in [2.45, 2.75) is 19.5 Å². The van der Waals surface area contributed by atoms with E-state index in [-0.39, 0.29) is 6.54 Å². The number of benzene rings is 1. The lowest BCUT2D eigenvalue weighted by Gasteiger charge is -2.25. The number of likely N-dealkylation sites (N-methyl/N-ethyl adjacent to an activating group) is 1. The Hall–Kier alpha value is -3.55. The first kappa shape index (κ1) is 18.2. The van der Waals surface area contributed by atoms with Crippen LogP contribution in [0.25, 0.3) is 10.8 Å². The van der Waals surface area contributed by atoms with Gasteiger partial charge in [0.2, 0.25) is 5.91 Å². The Morgan fingerprint density at radius 2 is 1.89 bits per heavy atom. The number of pyridine rings is 1. The molecule has 3 rings (SSSR count). The smallest absolute Gasteiger partial charge is 0.331 e. The van der Waals surface area contributed by atoms with Gasteiger partial charge in [-0.15, -0.1) is 0 Å². The van der Waals surface area contributed by atoms with Gasteiger partial charge in [-0.2, -0.15) is 5.10 Å². The van der Waals surface area contributed by atoms with E-state index in [9.17, 15) is 19.5 Å². The molecule has 2 aromatic heterocycles. The third-order valence-electron chi connectivity index (χ3n) is 4.35. The van der Waals surface area contributed by atoms with Crippen LogP contribution < -0.4 is 5.56 Å². The molecule has 0 bridgehead atoms. The molecule has 0 fully saturated rings. The number of aryl methyl sites for hydroxylation is 1. The maximum atomic E-state index is 12.7. The van der Waals surface area contributed by atoms with Crippen LogP contribution in [-0.2, 0) is 16.1 Å². The number of nitrogens with zero attached hydrogens (tertiary/aromatic N) is 4. The molecule has 0 unspecified atom stereocenters. The highest BCUT2D eigenvalue weighted by atomic mass is 16.4. The topological polar surface area (TPSA) is 105 Å². The second-order valence-electron chi connectivity index (χ2n) is 6.13. The number of aromatic nitrogens is 3. The van der Waals surface area contributed by atoms with E-state index in [1.807, 2.05) is 6.07 Å². The minimum absolute atomic E-state index is 0.356. The number of carbonyl (C=O) groups excluding carboxylic acids is 1. The van der Waals surface area contributed by atoms with Crippen LogP contribution in [0.1, 0.15) is 17.3 Å². The fraction of sp³-hybridized carbons (Fsp3) is 0.211. The van der Waals surface area contributed by atoms with Crippen molar-refractivity contribution in [3.05, 3.63) is 70.4 Å². The molecule has 0 aliphatic heterocycles. The predicted molar refractivity (Wildman–Crippen MR) is 98.1 cm³/mol. The maximum Gasteiger partial charge on any atom is 0.331 e. The van der Waals surface area contributed by atoms with Crippen molar-refractivity contribution in [1.82, 2.24) is 19.7 Å². The molecule has 1 aromatic carbocycles. The van der Waals surface area contributed by atoms with E-state index in [0.29, 0.717) is 16.6 Å². The number of carboxylic acid groups (broad SMARTS) is 1. The van der Waals surface area contributed by atoms with Crippen molar-refractivity contribution in [1.29, 1.82) is 0 Å². The third kappa shape index (κ3) is 3.55. The minimum atomic E-state index is -1.21. The zero-order valence-electron chi connectivity index (χ0n) is 14.9. The Bertz CT molecular complexity index is 1060. The van der Waals surface area contributed by atoms with Gasteiger partial charge in [0.15, 0.2) is 6.04 Å². The average Bonchev–Trinajstić information content (AvgIpc) is 2.66. The molecule has 1 atom stereocenters. The molecule has 138 valence electrons.